The van der Waals surface area contributed by atoms with Gasteiger partial charge in [-0.1, -0.05) is 23.8 Å². The molecule has 88 valence electrons. The quantitative estimate of drug-likeness (QED) is 0.760. The molecule has 1 aliphatic rings. The lowest BCUT2D eigenvalue weighted by Gasteiger charge is -2.16. The van der Waals surface area contributed by atoms with E-state index in [4.69, 9.17) is 0 Å². The summed E-state index contributed by atoms with van der Waals surface area (Å²) in [6.07, 6.45) is 0.691. The molecule has 1 aromatic heterocycles. The molecule has 0 amide bonds. The largest absolute Gasteiger partial charge is 0.364 e. The fourth-order valence-corrected chi connectivity index (χ4v) is 3.55. The molecule has 0 radical (unpaired) electrons. The minimum Gasteiger partial charge on any atom is -0.364 e. The first-order valence-electron chi connectivity index (χ1n) is 5.74. The Morgan fingerprint density at radius 3 is 2.65 bits per heavy atom. The Bertz CT molecular complexity index is 570. The number of aliphatic hydroxyl groups excluding tert-OH is 1. The number of aryl methyl sites for hydroxylation is 3. The average molecular weight is 246 g/mol. The topological polar surface area (TPSA) is 40.5 Å². The molecular weight excluding hydrogens is 232 g/mol. The summed E-state index contributed by atoms with van der Waals surface area (Å²) in [5.41, 5.74) is 5.16. The maximum Gasteiger partial charge on any atom is 0.188 e. The van der Waals surface area contributed by atoms with Crippen LogP contribution in [0.4, 0.5) is 0 Å². The summed E-state index contributed by atoms with van der Waals surface area (Å²) in [4.78, 5) is 1.85. The van der Waals surface area contributed by atoms with Crippen molar-refractivity contribution in [3.05, 3.63) is 45.8 Å². The third-order valence-electron chi connectivity index (χ3n) is 3.25. The van der Waals surface area contributed by atoms with E-state index < -0.39 is 6.29 Å². The molecule has 2 nitrogen and oxygen atoms in total. The number of rotatable bonds is 1. The molecule has 0 spiro atoms. The molecule has 0 aliphatic heterocycles. The van der Waals surface area contributed by atoms with Crippen molar-refractivity contribution in [2.24, 2.45) is 0 Å². The molecule has 2 aromatic rings. The normalized spacial score (nSPS) is 13.6. The van der Waals surface area contributed by atoms with Crippen molar-refractivity contribution in [1.82, 2.24) is 0 Å². The van der Waals surface area contributed by atoms with Gasteiger partial charge in [-0.3, -0.25) is 0 Å². The van der Waals surface area contributed by atoms with Crippen LogP contribution in [0.2, 0.25) is 0 Å². The van der Waals surface area contributed by atoms with Crippen LogP contribution in [0.15, 0.2) is 24.3 Å². The van der Waals surface area contributed by atoms with Crippen molar-refractivity contribution in [3.63, 3.8) is 0 Å². The van der Waals surface area contributed by atoms with E-state index in [2.05, 4.69) is 25.1 Å². The zero-order valence-electron chi connectivity index (χ0n) is 9.60. The highest BCUT2D eigenvalue weighted by molar-refractivity contribution is 7.15. The lowest BCUT2D eigenvalue weighted by Crippen LogP contribution is -2.01. The molecule has 0 unspecified atom stereocenters. The van der Waals surface area contributed by atoms with Gasteiger partial charge in [0.2, 0.25) is 0 Å². The molecule has 1 heterocycles. The minimum absolute atomic E-state index is 0.642. The molecule has 1 aromatic carbocycles. The average Bonchev–Trinajstić information content (AvgIpc) is 2.72. The van der Waals surface area contributed by atoms with E-state index in [9.17, 15) is 10.2 Å². The molecule has 0 fully saturated rings. The second-order valence-electron chi connectivity index (χ2n) is 4.54. The first-order valence-corrected chi connectivity index (χ1v) is 6.55. The summed E-state index contributed by atoms with van der Waals surface area (Å²) in [6, 6.07) is 8.41. The summed E-state index contributed by atoms with van der Waals surface area (Å²) in [5.74, 6) is 0. The molecule has 2 N–H and O–H groups in total. The van der Waals surface area contributed by atoms with E-state index in [0.717, 1.165) is 12.8 Å². The van der Waals surface area contributed by atoms with Crippen molar-refractivity contribution in [1.29, 1.82) is 0 Å². The van der Waals surface area contributed by atoms with Gasteiger partial charge in [0.05, 0.1) is 4.88 Å². The number of aliphatic hydroxyl groups is 2. The van der Waals surface area contributed by atoms with Crippen molar-refractivity contribution in [2.75, 3.05) is 0 Å². The van der Waals surface area contributed by atoms with E-state index in [1.807, 2.05) is 6.07 Å². The van der Waals surface area contributed by atoms with Crippen LogP contribution in [0.25, 0.3) is 10.4 Å². The number of thiophene rings is 1. The first kappa shape index (κ1) is 11.0. The van der Waals surface area contributed by atoms with Crippen LogP contribution < -0.4 is 0 Å². The van der Waals surface area contributed by atoms with Crippen LogP contribution >= 0.6 is 11.3 Å². The van der Waals surface area contributed by atoms with Gasteiger partial charge in [-0.15, -0.1) is 11.3 Å². The van der Waals surface area contributed by atoms with E-state index in [0.29, 0.717) is 4.88 Å². The fourth-order valence-electron chi connectivity index (χ4n) is 2.41. The highest BCUT2D eigenvalue weighted by Gasteiger charge is 2.20. The molecule has 0 saturated carbocycles. The van der Waals surface area contributed by atoms with E-state index in [1.54, 1.807) is 0 Å². The summed E-state index contributed by atoms with van der Waals surface area (Å²) in [6.45, 7) is 2.10. The lowest BCUT2D eigenvalue weighted by molar-refractivity contribution is -0.0395. The Labute approximate surface area is 104 Å². The third-order valence-corrected chi connectivity index (χ3v) is 4.50. The van der Waals surface area contributed by atoms with Gasteiger partial charge in [0, 0.05) is 4.88 Å². The van der Waals surface area contributed by atoms with Gasteiger partial charge in [0.25, 0.3) is 0 Å². The molecular formula is C14H14O2S. The van der Waals surface area contributed by atoms with Crippen molar-refractivity contribution < 1.29 is 10.2 Å². The summed E-state index contributed by atoms with van der Waals surface area (Å²) in [7, 11) is 0. The number of hydrogen-bond acceptors (Lipinski definition) is 3. The molecule has 0 bridgehead atoms. The minimum atomic E-state index is -1.35. The Hall–Kier alpha value is -1.16. The lowest BCUT2D eigenvalue weighted by atomic mass is 9.90. The predicted molar refractivity (Wildman–Crippen MR) is 69.1 cm³/mol. The van der Waals surface area contributed by atoms with Gasteiger partial charge >= 0.3 is 0 Å². The number of hydrogen-bond donors (Lipinski definition) is 2. The standard InChI is InChI=1S/C14H14O2S/c1-8-2-5-11-9(6-8)3-4-10-7-12(14(15)16)17-13(10)11/h2,5-7,14-16H,3-4H2,1H3. The van der Waals surface area contributed by atoms with E-state index in [1.165, 1.54) is 38.5 Å². The summed E-state index contributed by atoms with van der Waals surface area (Å²) in [5, 5.41) is 18.5. The van der Waals surface area contributed by atoms with Crippen LogP contribution in [0.5, 0.6) is 0 Å². The molecule has 0 saturated heterocycles. The maximum absolute atomic E-state index is 9.23. The number of fused-ring (bicyclic) bond motifs is 3. The van der Waals surface area contributed by atoms with Gasteiger partial charge < -0.3 is 10.2 Å². The van der Waals surface area contributed by atoms with Crippen molar-refractivity contribution in [3.8, 4) is 10.4 Å². The predicted octanol–water partition coefficient (Wildman–Crippen LogP) is 2.81. The van der Waals surface area contributed by atoms with Gasteiger partial charge in [-0.25, -0.2) is 0 Å². The maximum atomic E-state index is 9.23. The smallest absolute Gasteiger partial charge is 0.188 e. The fraction of sp³-hybridized carbons (Fsp3) is 0.286. The van der Waals surface area contributed by atoms with Gasteiger partial charge in [-0.05, 0) is 42.5 Å². The Kier molecular flexibility index (Phi) is 2.54. The highest BCUT2D eigenvalue weighted by Crippen LogP contribution is 2.41. The molecule has 1 aliphatic carbocycles. The zero-order valence-corrected chi connectivity index (χ0v) is 10.4. The van der Waals surface area contributed by atoms with Crippen LogP contribution in [0.3, 0.4) is 0 Å². The Morgan fingerprint density at radius 2 is 1.88 bits per heavy atom. The van der Waals surface area contributed by atoms with Crippen LogP contribution in [0.1, 0.15) is 27.9 Å². The van der Waals surface area contributed by atoms with Gasteiger partial charge in [0.15, 0.2) is 6.29 Å². The van der Waals surface area contributed by atoms with E-state index in [-0.39, 0.29) is 0 Å². The second-order valence-corrected chi connectivity index (χ2v) is 5.62. The van der Waals surface area contributed by atoms with Crippen LogP contribution in [-0.2, 0) is 12.8 Å². The molecule has 17 heavy (non-hydrogen) atoms. The second kappa shape index (κ2) is 3.95. The van der Waals surface area contributed by atoms with Crippen LogP contribution in [0, 0.1) is 6.92 Å². The highest BCUT2D eigenvalue weighted by atomic mass is 32.1. The molecule has 0 atom stereocenters. The molecule has 3 rings (SSSR count). The van der Waals surface area contributed by atoms with Crippen molar-refractivity contribution in [2.45, 2.75) is 26.1 Å². The third kappa shape index (κ3) is 1.80. The Balaban J connectivity index is 2.15. The molecule has 3 heteroatoms. The van der Waals surface area contributed by atoms with Gasteiger partial charge in [-0.2, -0.15) is 0 Å². The Morgan fingerprint density at radius 1 is 1.12 bits per heavy atom. The summed E-state index contributed by atoms with van der Waals surface area (Å²) >= 11 is 1.49. The van der Waals surface area contributed by atoms with Gasteiger partial charge in [0.1, 0.15) is 0 Å². The first-order chi connectivity index (χ1) is 8.15. The van der Waals surface area contributed by atoms with Crippen LogP contribution in [-0.4, -0.2) is 10.2 Å². The van der Waals surface area contributed by atoms with Crippen molar-refractivity contribution >= 4 is 11.3 Å². The monoisotopic (exact) mass is 246 g/mol. The SMILES string of the molecule is Cc1ccc2c(c1)CCc1cc(C(O)O)sc1-2. The number of benzene rings is 1. The summed E-state index contributed by atoms with van der Waals surface area (Å²) < 4.78 is 0. The zero-order chi connectivity index (χ0) is 12.0. The van der Waals surface area contributed by atoms with E-state index >= 15 is 0 Å².